The molecule has 0 aromatic carbocycles. The van der Waals surface area contributed by atoms with Crippen LogP contribution in [0.15, 0.2) is 0 Å². The van der Waals surface area contributed by atoms with E-state index in [0.717, 1.165) is 0 Å². The van der Waals surface area contributed by atoms with Crippen LogP contribution in [0.2, 0.25) is 0 Å². The summed E-state index contributed by atoms with van der Waals surface area (Å²) < 4.78 is 0. The lowest BCUT2D eigenvalue weighted by Crippen LogP contribution is -3.40. The molecule has 0 heterocycles. The van der Waals surface area contributed by atoms with E-state index >= 15 is 0 Å². The maximum Gasteiger partial charge on any atom is 0.443 e. The fourth-order valence-electron chi connectivity index (χ4n) is 7.62. The number of hydrogen-bond donors (Lipinski definition) is 0. The average Bonchev–Trinajstić information content (AvgIpc) is 2.43. The molecule has 6 aliphatic rings. The van der Waals surface area contributed by atoms with E-state index in [1.165, 1.54) is 0 Å². The molecule has 6 fully saturated rings. The maximum absolute atomic E-state index is 11.5. The second-order valence-corrected chi connectivity index (χ2v) is 6.60. The Balaban J connectivity index is 1.90. The van der Waals surface area contributed by atoms with Crippen molar-refractivity contribution in [2.45, 2.75) is 27.7 Å². The Morgan fingerprint density at radius 1 is 0.565 bits per heavy atom. The van der Waals surface area contributed by atoms with E-state index in [4.69, 9.17) is 0 Å². The van der Waals surface area contributed by atoms with E-state index in [0.29, 0.717) is 0 Å². The zero-order valence-corrected chi connectivity index (χ0v) is 10.6. The lowest BCUT2D eigenvalue weighted by molar-refractivity contribution is -1.06. The quantitative estimate of drug-likeness (QED) is 0.398. The van der Waals surface area contributed by atoms with Crippen LogP contribution in [0.4, 0.5) is 0 Å². The third-order valence-corrected chi connectivity index (χ3v) is 7.33. The zero-order chi connectivity index (χ0) is 17.1. The first kappa shape index (κ1) is 12.5. The Labute approximate surface area is 122 Å². The molecule has 15 heteroatoms. The summed E-state index contributed by atoms with van der Waals surface area (Å²) >= 11 is 0. The van der Waals surface area contributed by atoms with Gasteiger partial charge in [0.1, 0.15) is 11.8 Å². The minimum absolute atomic E-state index is 1.08. The molecule has 4 unspecified atom stereocenters. The molecule has 0 N–H and O–H groups in total. The van der Waals surface area contributed by atoms with Crippen molar-refractivity contribution in [3.8, 4) is 0 Å². The van der Waals surface area contributed by atoms with E-state index in [-0.39, 0.29) is 0 Å². The lowest BCUT2D eigenvalue weighted by atomic mass is 8.88. The van der Waals surface area contributed by atoms with Crippen molar-refractivity contribution in [3.63, 3.8) is 0 Å². The van der Waals surface area contributed by atoms with Crippen molar-refractivity contribution in [2.24, 2.45) is 17.8 Å². The monoisotopic (exact) mass is 329 g/mol. The van der Waals surface area contributed by atoms with Crippen LogP contribution in [0.5, 0.6) is 0 Å². The van der Waals surface area contributed by atoms with Crippen molar-refractivity contribution in [1.82, 2.24) is 0 Å². The number of hydrogen-bond acceptors (Lipinski definition) is 10. The predicted octanol–water partition coefficient (Wildman–Crippen LogP) is -2.02. The van der Waals surface area contributed by atoms with Crippen molar-refractivity contribution in [1.29, 1.82) is 0 Å². The normalized spacial score (nSPS) is 60.6. The van der Waals surface area contributed by atoms with Gasteiger partial charge in [0.25, 0.3) is 0 Å². The Morgan fingerprint density at radius 3 is 1.22 bits per heavy atom. The van der Waals surface area contributed by atoms with Crippen LogP contribution in [0.1, 0.15) is 0 Å². The molecule has 120 valence electrons. The van der Waals surface area contributed by atoms with Crippen LogP contribution in [0.25, 0.3) is 0 Å². The van der Waals surface area contributed by atoms with Gasteiger partial charge in [-0.15, -0.1) is 0 Å². The van der Waals surface area contributed by atoms with Crippen LogP contribution < -0.4 is 0 Å². The molecule has 0 aliphatic heterocycles. The molecule has 0 spiro atoms. The molecular weight excluding hydrogens is 326 g/mol. The minimum atomic E-state index is -3.15. The summed E-state index contributed by atoms with van der Waals surface area (Å²) in [6, 6.07) is 0. The van der Waals surface area contributed by atoms with Gasteiger partial charge >= 0.3 is 27.7 Å². The number of nitro groups is 5. The van der Waals surface area contributed by atoms with Gasteiger partial charge in [0.05, 0.1) is 10.8 Å². The fraction of sp³-hybridized carbons (Fsp3) is 1.00. The predicted molar refractivity (Wildman–Crippen MR) is 59.1 cm³/mol. The van der Waals surface area contributed by atoms with Gasteiger partial charge in [0.15, 0.2) is 0 Å². The van der Waals surface area contributed by atoms with Gasteiger partial charge in [-0.1, -0.05) is 0 Å². The summed E-state index contributed by atoms with van der Waals surface area (Å²) in [5.74, 6) is -4.22. The lowest BCUT2D eigenvalue weighted by Gasteiger charge is -2.97. The van der Waals surface area contributed by atoms with Crippen molar-refractivity contribution < 1.29 is 24.6 Å². The Morgan fingerprint density at radius 2 is 0.957 bits per heavy atom. The molecule has 23 heavy (non-hydrogen) atoms. The second-order valence-electron chi connectivity index (χ2n) is 6.60. The average molecular weight is 329 g/mol. The standard InChI is InChI=1S/C8H3N5O10/c14-9(15)4-2-1-3(4)7(12(20)21)5(1,10(16)17)6(2,11(18)19)8(4,7)13(22)23/h1-3H. The highest BCUT2D eigenvalue weighted by molar-refractivity contribution is 5.78. The molecule has 6 aliphatic carbocycles. The van der Waals surface area contributed by atoms with Crippen LogP contribution in [0, 0.1) is 68.3 Å². The molecule has 0 saturated heterocycles. The van der Waals surface area contributed by atoms with Crippen molar-refractivity contribution in [3.05, 3.63) is 50.6 Å². The molecule has 0 aromatic rings. The zero-order valence-electron chi connectivity index (χ0n) is 10.6. The fourth-order valence-corrected chi connectivity index (χ4v) is 7.62. The van der Waals surface area contributed by atoms with Crippen molar-refractivity contribution >= 4 is 0 Å². The van der Waals surface area contributed by atoms with E-state index in [9.17, 15) is 50.6 Å². The molecular formula is C8H3N5O10. The third kappa shape index (κ3) is 0.454. The summed E-state index contributed by atoms with van der Waals surface area (Å²) in [6.07, 6.45) is 0. The minimum Gasteiger partial charge on any atom is -0.264 e. The van der Waals surface area contributed by atoms with Crippen LogP contribution >= 0.6 is 0 Å². The topological polar surface area (TPSA) is 216 Å². The largest absolute Gasteiger partial charge is 0.443 e. The molecule has 15 nitrogen and oxygen atoms in total. The Kier molecular flexibility index (Phi) is 1.29. The van der Waals surface area contributed by atoms with Crippen LogP contribution in [-0.4, -0.2) is 52.3 Å². The molecule has 0 bridgehead atoms. The number of rotatable bonds is 5. The van der Waals surface area contributed by atoms with Gasteiger partial charge in [-0.25, -0.2) is 0 Å². The first-order valence-corrected chi connectivity index (χ1v) is 6.30. The molecule has 4 atom stereocenters. The maximum atomic E-state index is 11.5. The first-order chi connectivity index (χ1) is 10.6. The van der Waals surface area contributed by atoms with Crippen LogP contribution in [-0.2, 0) is 0 Å². The smallest absolute Gasteiger partial charge is 0.264 e. The molecule has 0 radical (unpaired) electrons. The summed E-state index contributed by atoms with van der Waals surface area (Å²) in [7, 11) is 0. The highest BCUT2D eigenvalue weighted by Gasteiger charge is 3.53. The highest BCUT2D eigenvalue weighted by Crippen LogP contribution is 3.10. The second kappa shape index (κ2) is 2.37. The van der Waals surface area contributed by atoms with Gasteiger partial charge in [-0.2, -0.15) is 0 Å². The molecule has 0 aromatic heterocycles. The Hall–Kier alpha value is -3.00. The van der Waals surface area contributed by atoms with E-state index < -0.39 is 70.1 Å². The Bertz CT molecular complexity index is 814. The van der Waals surface area contributed by atoms with E-state index in [1.54, 1.807) is 0 Å². The number of nitrogens with zero attached hydrogens (tertiary/aromatic N) is 5. The molecule has 6 saturated carbocycles. The third-order valence-electron chi connectivity index (χ3n) is 7.33. The first-order valence-electron chi connectivity index (χ1n) is 6.30. The van der Waals surface area contributed by atoms with Crippen molar-refractivity contribution in [2.75, 3.05) is 0 Å². The SMILES string of the molecule is O=[N+]([O-])C12C3C4C1C1([N+](=O)[O-])C4([N+](=O)[O-])C3([N+](=O)[O-])C21[N+](=O)[O-]. The summed E-state index contributed by atoms with van der Waals surface area (Å²) in [6.45, 7) is 0. The summed E-state index contributed by atoms with van der Waals surface area (Å²) in [5.41, 5.74) is -14.0. The van der Waals surface area contributed by atoms with E-state index in [2.05, 4.69) is 0 Å². The summed E-state index contributed by atoms with van der Waals surface area (Å²) in [4.78, 5) is 51.2. The van der Waals surface area contributed by atoms with Gasteiger partial charge < -0.3 is 0 Å². The molecule has 0 amide bonds. The van der Waals surface area contributed by atoms with Gasteiger partial charge in [0.2, 0.25) is 0 Å². The van der Waals surface area contributed by atoms with Gasteiger partial charge in [0, 0.05) is 19.7 Å². The highest BCUT2D eigenvalue weighted by atomic mass is 16.7. The summed E-state index contributed by atoms with van der Waals surface area (Å²) in [5, 5.41) is 57.3. The van der Waals surface area contributed by atoms with Crippen LogP contribution in [0.3, 0.4) is 0 Å². The van der Waals surface area contributed by atoms with Gasteiger partial charge in [-0.3, -0.25) is 50.6 Å². The van der Waals surface area contributed by atoms with Gasteiger partial charge in [-0.05, 0) is 0 Å². The van der Waals surface area contributed by atoms with E-state index in [1.807, 2.05) is 0 Å². The molecule has 6 rings (SSSR count).